The van der Waals surface area contributed by atoms with E-state index in [9.17, 15) is 19.5 Å². The molecule has 0 aliphatic carbocycles. The van der Waals surface area contributed by atoms with Crippen LogP contribution in [-0.4, -0.2) is 66.3 Å². The van der Waals surface area contributed by atoms with Crippen LogP contribution in [0.15, 0.2) is 0 Å². The number of esters is 2. The maximum Gasteiger partial charge on any atom is 0.408 e. The zero-order valence-electron chi connectivity index (χ0n) is 14.5. The summed E-state index contributed by atoms with van der Waals surface area (Å²) >= 11 is 0. The molecule has 9 nitrogen and oxygen atoms in total. The number of hydrogen-bond donors (Lipinski definition) is 2. The number of amides is 1. The van der Waals surface area contributed by atoms with E-state index in [0.29, 0.717) is 0 Å². The van der Waals surface area contributed by atoms with E-state index in [1.807, 2.05) is 0 Å². The van der Waals surface area contributed by atoms with E-state index in [-0.39, 0.29) is 6.61 Å². The number of aliphatic hydroxyl groups excluding tert-OH is 1. The summed E-state index contributed by atoms with van der Waals surface area (Å²) in [5.41, 5.74) is -0.709. The molecule has 24 heavy (non-hydrogen) atoms. The van der Waals surface area contributed by atoms with Crippen molar-refractivity contribution >= 4 is 18.0 Å². The van der Waals surface area contributed by atoms with E-state index in [2.05, 4.69) is 5.32 Å². The predicted octanol–water partition coefficient (Wildman–Crippen LogP) is 0.134. The Morgan fingerprint density at radius 3 is 2.12 bits per heavy atom. The van der Waals surface area contributed by atoms with Crippen LogP contribution in [0.1, 0.15) is 34.6 Å². The summed E-state index contributed by atoms with van der Waals surface area (Å²) in [4.78, 5) is 34.6. The van der Waals surface area contributed by atoms with E-state index in [4.69, 9.17) is 18.9 Å². The average Bonchev–Trinajstić information content (AvgIpc) is 2.39. The number of aliphatic hydroxyl groups is 1. The van der Waals surface area contributed by atoms with Crippen LogP contribution in [0.2, 0.25) is 0 Å². The summed E-state index contributed by atoms with van der Waals surface area (Å²) in [6.45, 7) is 7.02. The van der Waals surface area contributed by atoms with Gasteiger partial charge in [-0.3, -0.25) is 9.59 Å². The Morgan fingerprint density at radius 2 is 1.67 bits per heavy atom. The number of nitrogens with one attached hydrogen (secondary N) is 1. The third-order valence-electron chi connectivity index (χ3n) is 3.06. The van der Waals surface area contributed by atoms with Gasteiger partial charge in [-0.2, -0.15) is 0 Å². The van der Waals surface area contributed by atoms with Crippen LogP contribution in [0, 0.1) is 0 Å². The van der Waals surface area contributed by atoms with Crippen molar-refractivity contribution in [2.24, 2.45) is 0 Å². The monoisotopic (exact) mass is 347 g/mol. The van der Waals surface area contributed by atoms with Gasteiger partial charge in [-0.25, -0.2) is 4.79 Å². The second kappa shape index (κ2) is 8.29. The Morgan fingerprint density at radius 1 is 1.12 bits per heavy atom. The third kappa shape index (κ3) is 6.32. The van der Waals surface area contributed by atoms with Gasteiger partial charge >= 0.3 is 18.0 Å². The van der Waals surface area contributed by atoms with Crippen LogP contribution in [0.3, 0.4) is 0 Å². The lowest BCUT2D eigenvalue weighted by molar-refractivity contribution is -0.203. The van der Waals surface area contributed by atoms with Crippen molar-refractivity contribution in [3.63, 3.8) is 0 Å². The maximum atomic E-state index is 12.0. The van der Waals surface area contributed by atoms with Crippen LogP contribution in [0.4, 0.5) is 4.79 Å². The molecular formula is C15H25NO8. The first kappa shape index (κ1) is 20.2. The van der Waals surface area contributed by atoms with Gasteiger partial charge in [0, 0.05) is 13.8 Å². The second-order valence-electron chi connectivity index (χ2n) is 6.46. The number of rotatable bonds is 4. The van der Waals surface area contributed by atoms with Gasteiger partial charge in [0.15, 0.2) is 12.2 Å². The van der Waals surface area contributed by atoms with Gasteiger partial charge in [0.1, 0.15) is 11.7 Å². The summed E-state index contributed by atoms with van der Waals surface area (Å²) in [6, 6.07) is -0.795. The lowest BCUT2D eigenvalue weighted by atomic mass is 9.97. The maximum absolute atomic E-state index is 12.0. The Kier molecular flexibility index (Phi) is 6.97. The Hall–Kier alpha value is -1.87. The SMILES string of the molecule is CC(=O)O[C@H]1[C@H](OC(C)=O)[C@@H](CO)OC[C@H]1NC(=O)OC(C)(C)C. The molecule has 9 heteroatoms. The number of alkyl carbamates (subject to hydrolysis) is 1. The number of carbonyl (C=O) groups is 3. The highest BCUT2D eigenvalue weighted by molar-refractivity contribution is 5.69. The van der Waals surface area contributed by atoms with Crippen LogP contribution in [0.5, 0.6) is 0 Å². The molecule has 0 aromatic rings. The molecule has 1 aliphatic heterocycles. The Bertz CT molecular complexity index is 473. The molecule has 1 heterocycles. The van der Waals surface area contributed by atoms with Crippen LogP contribution >= 0.6 is 0 Å². The molecule has 0 aromatic carbocycles. The fourth-order valence-electron chi connectivity index (χ4n) is 2.27. The highest BCUT2D eigenvalue weighted by atomic mass is 16.6. The minimum atomic E-state index is -1.05. The minimum Gasteiger partial charge on any atom is -0.456 e. The normalized spacial score (nSPS) is 27.1. The quantitative estimate of drug-likeness (QED) is 0.544. The standard InChI is InChI=1S/C15H25NO8/c1-8(18)22-12-10(16-14(20)24-15(3,4)5)7-21-11(6-17)13(12)23-9(2)19/h10-13,17H,6-7H2,1-5H3,(H,16,20)/t10-,11-,12-,13-/m1/s1. The highest BCUT2D eigenvalue weighted by Gasteiger charge is 2.45. The molecule has 0 radical (unpaired) electrons. The third-order valence-corrected chi connectivity index (χ3v) is 3.06. The van der Waals surface area contributed by atoms with Crippen molar-refractivity contribution in [3.8, 4) is 0 Å². The molecule has 1 saturated heterocycles. The summed E-state index contributed by atoms with van der Waals surface area (Å²) in [5, 5.41) is 11.9. The van der Waals surface area contributed by atoms with Gasteiger partial charge in [-0.1, -0.05) is 0 Å². The van der Waals surface area contributed by atoms with E-state index >= 15 is 0 Å². The van der Waals surface area contributed by atoms with E-state index in [0.717, 1.165) is 0 Å². The summed E-state index contributed by atoms with van der Waals surface area (Å²) in [5.74, 6) is -1.25. The molecular weight excluding hydrogens is 322 g/mol. The Labute approximate surface area is 140 Å². The molecule has 0 aromatic heterocycles. The fraction of sp³-hybridized carbons (Fsp3) is 0.800. The van der Waals surface area contributed by atoms with Gasteiger partial charge in [-0.15, -0.1) is 0 Å². The minimum absolute atomic E-state index is 0.0415. The molecule has 0 saturated carbocycles. The largest absolute Gasteiger partial charge is 0.456 e. The molecule has 1 amide bonds. The topological polar surface area (TPSA) is 120 Å². The number of ether oxygens (including phenoxy) is 4. The molecule has 4 atom stereocenters. The van der Waals surface area contributed by atoms with Crippen LogP contribution in [0.25, 0.3) is 0 Å². The van der Waals surface area contributed by atoms with Gasteiger partial charge in [0.25, 0.3) is 0 Å². The highest BCUT2D eigenvalue weighted by Crippen LogP contribution is 2.22. The zero-order valence-corrected chi connectivity index (χ0v) is 14.5. The molecule has 1 rings (SSSR count). The second-order valence-corrected chi connectivity index (χ2v) is 6.46. The van der Waals surface area contributed by atoms with Crippen molar-refractivity contribution in [3.05, 3.63) is 0 Å². The van der Waals surface area contributed by atoms with Crippen molar-refractivity contribution in [1.29, 1.82) is 0 Å². The molecule has 2 N–H and O–H groups in total. The van der Waals surface area contributed by atoms with Gasteiger partial charge < -0.3 is 29.4 Å². The first-order chi connectivity index (χ1) is 11.0. The molecule has 138 valence electrons. The van der Waals surface area contributed by atoms with Gasteiger partial charge in [0.2, 0.25) is 0 Å². The number of carbonyl (C=O) groups excluding carboxylic acids is 3. The molecule has 0 unspecified atom stereocenters. The average molecular weight is 347 g/mol. The van der Waals surface area contributed by atoms with E-state index in [1.165, 1.54) is 13.8 Å². The van der Waals surface area contributed by atoms with Crippen LogP contribution in [-0.2, 0) is 28.5 Å². The van der Waals surface area contributed by atoms with Crippen molar-refractivity contribution < 1.29 is 38.4 Å². The van der Waals surface area contributed by atoms with Gasteiger partial charge in [-0.05, 0) is 20.8 Å². The first-order valence-electron chi connectivity index (χ1n) is 7.60. The van der Waals surface area contributed by atoms with Crippen molar-refractivity contribution in [2.75, 3.05) is 13.2 Å². The first-order valence-corrected chi connectivity index (χ1v) is 7.60. The number of hydrogen-bond acceptors (Lipinski definition) is 8. The van der Waals surface area contributed by atoms with E-state index in [1.54, 1.807) is 20.8 Å². The molecule has 1 fully saturated rings. The van der Waals surface area contributed by atoms with Crippen LogP contribution < -0.4 is 5.32 Å². The van der Waals surface area contributed by atoms with Crippen molar-refractivity contribution in [2.45, 2.75) is 64.6 Å². The fourth-order valence-corrected chi connectivity index (χ4v) is 2.27. The zero-order chi connectivity index (χ0) is 18.5. The molecule has 0 bridgehead atoms. The molecule has 1 aliphatic rings. The van der Waals surface area contributed by atoms with Crippen molar-refractivity contribution in [1.82, 2.24) is 5.32 Å². The Balaban J connectivity index is 2.93. The lowest BCUT2D eigenvalue weighted by Crippen LogP contribution is -2.62. The van der Waals surface area contributed by atoms with E-state index < -0.39 is 54.6 Å². The summed E-state index contributed by atoms with van der Waals surface area (Å²) in [6.07, 6.45) is -3.65. The lowest BCUT2D eigenvalue weighted by Gasteiger charge is -2.40. The molecule has 0 spiro atoms. The van der Waals surface area contributed by atoms with Gasteiger partial charge in [0.05, 0.1) is 19.3 Å². The predicted molar refractivity (Wildman–Crippen MR) is 81.1 cm³/mol. The summed E-state index contributed by atoms with van der Waals surface area (Å²) in [7, 11) is 0. The smallest absolute Gasteiger partial charge is 0.408 e. The summed E-state index contributed by atoms with van der Waals surface area (Å²) < 4.78 is 20.9.